The van der Waals surface area contributed by atoms with Crippen LogP contribution in [0.4, 0.5) is 22.7 Å². The van der Waals surface area contributed by atoms with E-state index in [-0.39, 0.29) is 0 Å². The van der Waals surface area contributed by atoms with Crippen LogP contribution in [-0.2, 0) is 0 Å². The van der Waals surface area contributed by atoms with Crippen molar-refractivity contribution >= 4 is 69.9 Å². The molecule has 1 heterocycles. The molecule has 1 aliphatic heterocycles. The highest BCUT2D eigenvalue weighted by atomic mass is 28.3. The van der Waals surface area contributed by atoms with Gasteiger partial charge in [-0.25, -0.2) is 0 Å². The fraction of sp³-hybridized carbons (Fsp3) is 0.0893. The quantitative estimate of drug-likeness (QED) is 0.102. The molecule has 8 aromatic carbocycles. The zero-order chi connectivity index (χ0) is 42.6. The number of allylic oxidation sites excluding steroid dienone is 1. The maximum Gasteiger partial charge on any atom is 0.542 e. The van der Waals surface area contributed by atoms with E-state index >= 15 is 0 Å². The first-order valence-electron chi connectivity index (χ1n) is 21.4. The zero-order valence-electron chi connectivity index (χ0n) is 36.0. The van der Waals surface area contributed by atoms with Crippen molar-refractivity contribution in [3.8, 4) is 5.75 Å². The summed E-state index contributed by atoms with van der Waals surface area (Å²) in [5.74, 6) is 1.61. The Morgan fingerprint density at radius 2 is 1.05 bits per heavy atom. The van der Waals surface area contributed by atoms with Gasteiger partial charge in [0.25, 0.3) is 0 Å². The van der Waals surface area contributed by atoms with E-state index in [4.69, 9.17) is 9.56 Å². The van der Waals surface area contributed by atoms with Crippen molar-refractivity contribution in [3.05, 3.63) is 240 Å². The fourth-order valence-electron chi connectivity index (χ4n) is 9.02. The Balaban J connectivity index is 1.24. The van der Waals surface area contributed by atoms with Crippen molar-refractivity contribution < 1.29 is 4.65 Å². The molecule has 0 fully saturated rings. The Hall–Kier alpha value is -7.15. The van der Waals surface area contributed by atoms with E-state index in [1.54, 1.807) is 0 Å². The minimum Gasteiger partial charge on any atom is -0.536 e. The normalized spacial score (nSPS) is 12.4. The minimum atomic E-state index is -2.81. The van der Waals surface area contributed by atoms with Gasteiger partial charge in [0.2, 0.25) is 0 Å². The number of fused-ring (bicyclic) bond motifs is 1. The van der Waals surface area contributed by atoms with Crippen LogP contribution in [0.15, 0.2) is 217 Å². The molecule has 8 aromatic rings. The van der Waals surface area contributed by atoms with Crippen LogP contribution in [-0.4, -0.2) is 21.0 Å². The average Bonchev–Trinajstić information content (AvgIpc) is 3.31. The third kappa shape index (κ3) is 7.59. The summed E-state index contributed by atoms with van der Waals surface area (Å²) in [6.45, 7) is 10.7. The topological polar surface area (TPSA) is 28.1 Å². The molecule has 0 radical (unpaired) electrons. The molecule has 0 atom stereocenters. The number of benzene rings is 8. The van der Waals surface area contributed by atoms with E-state index < -0.39 is 15.1 Å². The Labute approximate surface area is 368 Å². The van der Waals surface area contributed by atoms with Crippen LogP contribution in [0.3, 0.4) is 0 Å². The Morgan fingerprint density at radius 1 is 0.500 bits per heavy atom. The smallest absolute Gasteiger partial charge is 0.536 e. The van der Waals surface area contributed by atoms with Gasteiger partial charge in [0, 0.05) is 34.4 Å². The number of amidine groups is 1. The molecule has 6 heteroatoms. The first-order valence-corrected chi connectivity index (χ1v) is 23.4. The first-order chi connectivity index (χ1) is 30.3. The summed E-state index contributed by atoms with van der Waals surface area (Å²) < 4.78 is 6.99. The molecule has 0 aromatic heterocycles. The van der Waals surface area contributed by atoms with Crippen molar-refractivity contribution in [2.24, 2.45) is 4.90 Å². The van der Waals surface area contributed by atoms with Gasteiger partial charge in [-0.3, -0.25) is 4.90 Å². The SMILES string of the molecule is C/C=C\N(C1=NB(c2cc(C)ccc2N(c2ccc(C)cc2)c2ccc(C)cc2C)Oc2ccccc21)c1cccc([Si](c2ccccc2)(c2ccccc2)c2ccccc2)c1. The summed E-state index contributed by atoms with van der Waals surface area (Å²) in [6, 6.07) is 72.7. The second-order valence-electron chi connectivity index (χ2n) is 16.2. The second kappa shape index (κ2) is 17.4. The van der Waals surface area contributed by atoms with E-state index in [1.807, 2.05) is 6.07 Å². The monoisotopic (exact) mass is 819 g/mol. The van der Waals surface area contributed by atoms with Crippen molar-refractivity contribution in [2.45, 2.75) is 34.6 Å². The molecule has 4 nitrogen and oxygen atoms in total. The number of hydrogen-bond donors (Lipinski definition) is 0. The highest BCUT2D eigenvalue weighted by Gasteiger charge is 2.42. The molecule has 1 aliphatic rings. The first kappa shape index (κ1) is 40.3. The van der Waals surface area contributed by atoms with Crippen LogP contribution in [0.5, 0.6) is 5.75 Å². The summed E-state index contributed by atoms with van der Waals surface area (Å²) in [5.41, 5.74) is 10.9. The lowest BCUT2D eigenvalue weighted by molar-refractivity contribution is 0.575. The van der Waals surface area contributed by atoms with Gasteiger partial charge in [-0.2, -0.15) is 0 Å². The molecular formula is C56H50BN3OSi. The average molecular weight is 820 g/mol. The lowest BCUT2D eigenvalue weighted by Crippen LogP contribution is -2.74. The van der Waals surface area contributed by atoms with Gasteiger partial charge in [0.05, 0.1) is 5.56 Å². The highest BCUT2D eigenvalue weighted by Crippen LogP contribution is 2.38. The number of para-hydroxylation sites is 1. The Kier molecular flexibility index (Phi) is 11.3. The fourth-order valence-corrected chi connectivity index (χ4v) is 13.8. The van der Waals surface area contributed by atoms with Crippen LogP contribution < -0.4 is 40.7 Å². The molecule has 302 valence electrons. The number of hydrogen-bond acceptors (Lipinski definition) is 4. The molecule has 0 spiro atoms. The maximum absolute atomic E-state index is 6.99. The highest BCUT2D eigenvalue weighted by molar-refractivity contribution is 7.19. The minimum absolute atomic E-state index is 0.643. The molecule has 0 saturated heterocycles. The van der Waals surface area contributed by atoms with Gasteiger partial charge < -0.3 is 14.5 Å². The molecular weight excluding hydrogens is 770 g/mol. The van der Waals surface area contributed by atoms with Crippen molar-refractivity contribution in [1.29, 1.82) is 0 Å². The molecule has 0 N–H and O–H groups in total. The summed E-state index contributed by atoms with van der Waals surface area (Å²) in [5, 5.41) is 5.27. The van der Waals surface area contributed by atoms with Gasteiger partial charge in [-0.15, -0.1) is 0 Å². The van der Waals surface area contributed by atoms with Gasteiger partial charge in [-0.1, -0.05) is 174 Å². The van der Waals surface area contributed by atoms with Crippen LogP contribution in [0.1, 0.15) is 34.7 Å². The summed E-state index contributed by atoms with van der Waals surface area (Å²) in [7, 11) is -3.45. The van der Waals surface area contributed by atoms with Crippen LogP contribution in [0, 0.1) is 27.7 Å². The third-order valence-electron chi connectivity index (χ3n) is 11.9. The zero-order valence-corrected chi connectivity index (χ0v) is 37.0. The van der Waals surface area contributed by atoms with E-state index in [2.05, 4.69) is 251 Å². The maximum atomic E-state index is 6.99. The van der Waals surface area contributed by atoms with E-state index in [0.29, 0.717) is 0 Å². The van der Waals surface area contributed by atoms with E-state index in [0.717, 1.165) is 50.9 Å². The van der Waals surface area contributed by atoms with Gasteiger partial charge in [-0.05, 0) is 109 Å². The largest absolute Gasteiger partial charge is 0.542 e. The second-order valence-corrected chi connectivity index (χ2v) is 20.0. The number of rotatable bonds is 10. The molecule has 9 rings (SSSR count). The summed E-state index contributed by atoms with van der Waals surface area (Å²) in [4.78, 5) is 10.2. The number of aryl methyl sites for hydroxylation is 4. The Bertz CT molecular complexity index is 2800. The van der Waals surface area contributed by atoms with Crippen molar-refractivity contribution in [1.82, 2.24) is 0 Å². The third-order valence-corrected chi connectivity index (χ3v) is 16.7. The van der Waals surface area contributed by atoms with Gasteiger partial charge in [0.1, 0.15) is 11.6 Å². The van der Waals surface area contributed by atoms with Crippen LogP contribution in [0.2, 0.25) is 0 Å². The van der Waals surface area contributed by atoms with E-state index in [1.165, 1.54) is 37.4 Å². The lowest BCUT2D eigenvalue weighted by atomic mass is 9.71. The van der Waals surface area contributed by atoms with Gasteiger partial charge >= 0.3 is 7.05 Å². The lowest BCUT2D eigenvalue weighted by Gasteiger charge is -2.36. The van der Waals surface area contributed by atoms with E-state index in [9.17, 15) is 0 Å². The van der Waals surface area contributed by atoms with Crippen molar-refractivity contribution in [3.63, 3.8) is 0 Å². The number of anilines is 4. The Morgan fingerprint density at radius 3 is 1.66 bits per heavy atom. The molecule has 62 heavy (non-hydrogen) atoms. The summed E-state index contributed by atoms with van der Waals surface area (Å²) >= 11 is 0. The molecule has 0 aliphatic carbocycles. The van der Waals surface area contributed by atoms with Gasteiger partial charge in [0.15, 0.2) is 8.07 Å². The predicted octanol–water partition coefficient (Wildman–Crippen LogP) is 10.3. The van der Waals surface area contributed by atoms with Crippen molar-refractivity contribution in [2.75, 3.05) is 9.80 Å². The summed E-state index contributed by atoms with van der Waals surface area (Å²) in [6.07, 6.45) is 4.23. The van der Waals surface area contributed by atoms with Crippen LogP contribution in [0.25, 0.3) is 0 Å². The van der Waals surface area contributed by atoms with Crippen LogP contribution >= 0.6 is 0 Å². The predicted molar refractivity (Wildman–Crippen MR) is 266 cm³/mol. The molecule has 0 unspecified atom stereocenters. The number of nitrogens with zero attached hydrogens (tertiary/aromatic N) is 3. The molecule has 0 saturated carbocycles. The molecule has 0 amide bonds. The standard InChI is InChI=1S/C56H50BN3OSi/c1-6-37-59(46-19-18-26-50(40-46)62(47-20-10-7-11-21-47,48-22-12-8-13-23-48)49-24-14-9-15-25-49)56-51-27-16-17-28-55(51)61-57(58-56)52-39-43(4)32-36-54(52)60(45-33-29-41(2)30-34-45)53-35-31-42(3)38-44(53)5/h6-40H,1-5H3/b37-6-. The molecule has 0 bridgehead atoms.